The van der Waals surface area contributed by atoms with Crippen LogP contribution in [0.4, 0.5) is 0 Å². The van der Waals surface area contributed by atoms with Gasteiger partial charge in [-0.1, -0.05) is 26.3 Å². The highest BCUT2D eigenvalue weighted by Gasteiger charge is 2.60. The van der Waals surface area contributed by atoms with E-state index < -0.39 is 0 Å². The first-order chi connectivity index (χ1) is 10.6. The first-order valence-corrected chi connectivity index (χ1v) is 9.56. The summed E-state index contributed by atoms with van der Waals surface area (Å²) in [7, 11) is 0. The summed E-state index contributed by atoms with van der Waals surface area (Å²) < 4.78 is 0. The molecule has 5 aliphatic carbocycles. The molecule has 5 aliphatic rings. The van der Waals surface area contributed by atoms with Crippen LogP contribution >= 0.6 is 0 Å². The average molecular weight is 301 g/mol. The summed E-state index contributed by atoms with van der Waals surface area (Å²) >= 11 is 0. The number of rotatable bonds is 3. The van der Waals surface area contributed by atoms with Crippen molar-refractivity contribution in [3.8, 4) is 0 Å². The van der Waals surface area contributed by atoms with E-state index in [1.54, 1.807) is 0 Å². The Kier molecular flexibility index (Phi) is 3.62. The molecular formula is C20H31NO. The van der Waals surface area contributed by atoms with Crippen LogP contribution in [0.1, 0.15) is 64.7 Å². The average Bonchev–Trinajstić information content (AvgIpc) is 2.51. The Morgan fingerprint density at radius 2 is 1.50 bits per heavy atom. The highest BCUT2D eigenvalue weighted by Crippen LogP contribution is 2.62. The van der Waals surface area contributed by atoms with Gasteiger partial charge in [0.1, 0.15) is 0 Å². The number of carbonyl (C=O) groups excluding carboxylic acids is 1. The minimum Gasteiger partial charge on any atom is -0.346 e. The van der Waals surface area contributed by atoms with Crippen LogP contribution in [-0.2, 0) is 4.79 Å². The molecule has 2 heteroatoms. The molecule has 0 radical (unpaired) electrons. The van der Waals surface area contributed by atoms with Gasteiger partial charge in [-0.05, 0) is 86.5 Å². The van der Waals surface area contributed by atoms with Crippen molar-refractivity contribution in [2.75, 3.05) is 0 Å². The normalized spacial score (nSPS) is 49.9. The maximum absolute atomic E-state index is 12.3. The van der Waals surface area contributed by atoms with E-state index in [1.807, 2.05) is 0 Å². The second kappa shape index (κ2) is 5.39. The van der Waals surface area contributed by atoms with Crippen LogP contribution in [0.25, 0.3) is 0 Å². The molecule has 1 amide bonds. The van der Waals surface area contributed by atoms with Crippen LogP contribution in [0, 0.1) is 35.5 Å². The Hall–Kier alpha value is -0.790. The largest absolute Gasteiger partial charge is 0.346 e. The third kappa shape index (κ3) is 2.17. The lowest BCUT2D eigenvalue weighted by Gasteiger charge is -2.64. The lowest BCUT2D eigenvalue weighted by Crippen LogP contribution is -2.69. The Morgan fingerprint density at radius 1 is 0.955 bits per heavy atom. The first-order valence-electron chi connectivity index (χ1n) is 9.56. The van der Waals surface area contributed by atoms with Crippen LogP contribution in [0.3, 0.4) is 0 Å². The lowest BCUT2D eigenvalue weighted by atomic mass is 9.44. The maximum atomic E-state index is 12.3. The van der Waals surface area contributed by atoms with Crippen molar-refractivity contribution in [1.82, 2.24) is 5.32 Å². The zero-order chi connectivity index (χ0) is 15.3. The van der Waals surface area contributed by atoms with Crippen molar-refractivity contribution >= 4 is 5.91 Å². The molecule has 2 nitrogen and oxygen atoms in total. The topological polar surface area (TPSA) is 29.1 Å². The van der Waals surface area contributed by atoms with E-state index in [0.717, 1.165) is 29.6 Å². The molecule has 0 aromatic heterocycles. The zero-order valence-electron chi connectivity index (χ0n) is 14.0. The van der Waals surface area contributed by atoms with Gasteiger partial charge < -0.3 is 5.32 Å². The predicted molar refractivity (Wildman–Crippen MR) is 89.2 cm³/mol. The minimum absolute atomic E-state index is 0.0751. The van der Waals surface area contributed by atoms with E-state index >= 15 is 0 Å². The van der Waals surface area contributed by atoms with Crippen molar-refractivity contribution in [3.05, 3.63) is 12.7 Å². The second-order valence-corrected chi connectivity index (χ2v) is 8.89. The van der Waals surface area contributed by atoms with Crippen LogP contribution in [-0.4, -0.2) is 11.4 Å². The molecule has 5 fully saturated rings. The van der Waals surface area contributed by atoms with Gasteiger partial charge in [-0.2, -0.15) is 0 Å². The quantitative estimate of drug-likeness (QED) is 0.773. The van der Waals surface area contributed by atoms with Gasteiger partial charge in [-0.15, -0.1) is 0 Å². The molecule has 0 heterocycles. The Bertz CT molecular complexity index is 432. The van der Waals surface area contributed by atoms with E-state index in [-0.39, 0.29) is 11.4 Å². The van der Waals surface area contributed by atoms with Crippen LogP contribution in [0.15, 0.2) is 12.7 Å². The summed E-state index contributed by atoms with van der Waals surface area (Å²) in [5, 5.41) is 3.55. The number of hydrogen-bond donors (Lipinski definition) is 1. The molecule has 0 unspecified atom stereocenters. The molecule has 0 saturated heterocycles. The molecule has 4 bridgehead atoms. The summed E-state index contributed by atoms with van der Waals surface area (Å²) in [4.78, 5) is 12.3. The zero-order valence-corrected chi connectivity index (χ0v) is 14.0. The monoisotopic (exact) mass is 301 g/mol. The molecule has 0 spiro atoms. The van der Waals surface area contributed by atoms with Gasteiger partial charge >= 0.3 is 0 Å². The van der Waals surface area contributed by atoms with Gasteiger partial charge in [0.15, 0.2) is 0 Å². The minimum atomic E-state index is 0.0751. The number of carbonyl (C=O) groups is 1. The molecule has 0 aromatic carbocycles. The Morgan fingerprint density at radius 3 is 2.00 bits per heavy atom. The fourth-order valence-electron chi connectivity index (χ4n) is 6.94. The van der Waals surface area contributed by atoms with Crippen LogP contribution in [0.2, 0.25) is 0 Å². The number of hydrogen-bond acceptors (Lipinski definition) is 1. The van der Waals surface area contributed by atoms with E-state index in [9.17, 15) is 4.79 Å². The van der Waals surface area contributed by atoms with Gasteiger partial charge in [0.2, 0.25) is 5.91 Å². The molecule has 22 heavy (non-hydrogen) atoms. The summed E-state index contributed by atoms with van der Waals surface area (Å²) in [5.41, 5.74) is 0.110. The first kappa shape index (κ1) is 14.8. The highest BCUT2D eigenvalue weighted by molar-refractivity contribution is 5.87. The van der Waals surface area contributed by atoms with Gasteiger partial charge in [-0.3, -0.25) is 4.79 Å². The fraction of sp³-hybridized carbons (Fsp3) is 0.850. The van der Waals surface area contributed by atoms with Gasteiger partial charge in [-0.25, -0.2) is 0 Å². The van der Waals surface area contributed by atoms with Gasteiger partial charge in [0.25, 0.3) is 0 Å². The van der Waals surface area contributed by atoms with Crippen LogP contribution < -0.4 is 5.32 Å². The van der Waals surface area contributed by atoms with Crippen molar-refractivity contribution in [2.24, 2.45) is 35.5 Å². The summed E-state index contributed by atoms with van der Waals surface area (Å²) in [6.07, 6.45) is 13.8. The van der Waals surface area contributed by atoms with Gasteiger partial charge in [0, 0.05) is 5.54 Å². The molecule has 5 saturated carbocycles. The Balaban J connectivity index is 1.66. The SMILES string of the molecule is C=CC(=O)NC1(C2CCC(C)CC2)C2CC3CC(C2)CC1C3. The van der Waals surface area contributed by atoms with E-state index in [4.69, 9.17) is 0 Å². The van der Waals surface area contributed by atoms with Crippen molar-refractivity contribution in [2.45, 2.75) is 70.3 Å². The van der Waals surface area contributed by atoms with Crippen molar-refractivity contribution in [3.63, 3.8) is 0 Å². The molecule has 5 rings (SSSR count). The fourth-order valence-corrected chi connectivity index (χ4v) is 6.94. The smallest absolute Gasteiger partial charge is 0.243 e. The lowest BCUT2D eigenvalue weighted by molar-refractivity contribution is -0.137. The third-order valence-corrected chi connectivity index (χ3v) is 7.71. The third-order valence-electron chi connectivity index (χ3n) is 7.71. The predicted octanol–water partition coefficient (Wildman–Crippen LogP) is 4.31. The molecule has 0 atom stereocenters. The number of amides is 1. The second-order valence-electron chi connectivity index (χ2n) is 8.89. The molecule has 122 valence electrons. The summed E-state index contributed by atoms with van der Waals surface area (Å²) in [6, 6.07) is 0. The van der Waals surface area contributed by atoms with Crippen molar-refractivity contribution in [1.29, 1.82) is 0 Å². The molecule has 0 aromatic rings. The van der Waals surface area contributed by atoms with Crippen LogP contribution in [0.5, 0.6) is 0 Å². The molecular weight excluding hydrogens is 270 g/mol. The standard InChI is InChI=1S/C20H31NO/c1-3-19(22)21-20(16-6-4-13(2)5-7-16)17-9-14-8-15(11-17)12-18(20)10-14/h3,13-18H,1,4-12H2,2H3,(H,21,22). The van der Waals surface area contributed by atoms with E-state index in [2.05, 4.69) is 18.8 Å². The van der Waals surface area contributed by atoms with Crippen molar-refractivity contribution < 1.29 is 4.79 Å². The maximum Gasteiger partial charge on any atom is 0.243 e. The van der Waals surface area contributed by atoms with E-state index in [1.165, 1.54) is 63.9 Å². The summed E-state index contributed by atoms with van der Waals surface area (Å²) in [6.45, 7) is 6.11. The number of nitrogens with one attached hydrogen (secondary N) is 1. The Labute approximate surface area is 135 Å². The summed E-state index contributed by atoms with van der Waals surface area (Å²) in [5.74, 6) is 5.06. The molecule has 0 aliphatic heterocycles. The molecule has 1 N–H and O–H groups in total. The highest BCUT2D eigenvalue weighted by atomic mass is 16.1. The van der Waals surface area contributed by atoms with Gasteiger partial charge in [0.05, 0.1) is 0 Å². The van der Waals surface area contributed by atoms with E-state index in [0.29, 0.717) is 5.92 Å².